The molecule has 0 aromatic heterocycles. The Labute approximate surface area is 97.1 Å². The number of halogens is 1. The largest absolute Gasteiger partial charge is 0.496 e. The van der Waals surface area contributed by atoms with Crippen molar-refractivity contribution in [1.82, 2.24) is 0 Å². The van der Waals surface area contributed by atoms with Crippen molar-refractivity contribution in [2.45, 2.75) is 18.4 Å². The number of benzene rings is 1. The number of ether oxygens (including phenoxy) is 2. The van der Waals surface area contributed by atoms with Crippen molar-refractivity contribution in [2.75, 3.05) is 14.2 Å². The molecule has 3 nitrogen and oxygen atoms in total. The normalized spacial score (nSPS) is 17.3. The van der Waals surface area contributed by atoms with Crippen LogP contribution in [0.2, 0.25) is 0 Å². The summed E-state index contributed by atoms with van der Waals surface area (Å²) in [5.41, 5.74) is 0.00731. The molecule has 0 spiro atoms. The van der Waals surface area contributed by atoms with E-state index in [4.69, 9.17) is 9.47 Å². The molecule has 0 unspecified atom stereocenters. The van der Waals surface area contributed by atoms with E-state index in [9.17, 15) is 5.11 Å². The minimum atomic E-state index is -0.753. The van der Waals surface area contributed by atoms with Crippen molar-refractivity contribution in [2.24, 2.45) is 0 Å². The Hall–Kier alpha value is -0.740. The minimum Gasteiger partial charge on any atom is -0.496 e. The third-order valence-corrected chi connectivity index (χ3v) is 3.12. The molecule has 0 bridgehead atoms. The lowest BCUT2D eigenvalue weighted by Crippen LogP contribution is -2.09. The number of methoxy groups -OCH3 is 2. The molecular formula is C11H13BrO3. The Morgan fingerprint density at radius 3 is 2.00 bits per heavy atom. The van der Waals surface area contributed by atoms with Crippen LogP contribution in [0, 0.1) is 0 Å². The summed E-state index contributed by atoms with van der Waals surface area (Å²) < 4.78 is 11.4. The molecule has 1 aliphatic rings. The van der Waals surface area contributed by atoms with Crippen LogP contribution in [0.5, 0.6) is 11.5 Å². The molecule has 4 heteroatoms. The summed E-state index contributed by atoms with van der Waals surface area (Å²) in [6.07, 6.45) is 1.53. The fourth-order valence-electron chi connectivity index (χ4n) is 1.71. The average Bonchev–Trinajstić information content (AvgIpc) is 2.95. The fraction of sp³-hybridized carbons (Fsp3) is 0.455. The first-order chi connectivity index (χ1) is 7.10. The first kappa shape index (κ1) is 10.8. The smallest absolute Gasteiger partial charge is 0.129 e. The van der Waals surface area contributed by atoms with Gasteiger partial charge >= 0.3 is 0 Å². The first-order valence-corrected chi connectivity index (χ1v) is 5.54. The first-order valence-electron chi connectivity index (χ1n) is 4.75. The summed E-state index contributed by atoms with van der Waals surface area (Å²) >= 11 is 3.37. The highest BCUT2D eigenvalue weighted by Crippen LogP contribution is 2.53. The molecule has 82 valence electrons. The van der Waals surface area contributed by atoms with E-state index in [2.05, 4.69) is 15.9 Å². The van der Waals surface area contributed by atoms with Gasteiger partial charge in [0.05, 0.1) is 25.4 Å². The van der Waals surface area contributed by atoms with Gasteiger partial charge in [-0.25, -0.2) is 0 Å². The summed E-state index contributed by atoms with van der Waals surface area (Å²) in [7, 11) is 3.19. The standard InChI is InChI=1S/C11H13BrO3/c1-14-8-5-7(12)6-9(15-2)10(8)11(13)3-4-11/h5-6,13H,3-4H2,1-2H3. The molecule has 15 heavy (non-hydrogen) atoms. The molecule has 0 atom stereocenters. The lowest BCUT2D eigenvalue weighted by Gasteiger charge is -2.17. The van der Waals surface area contributed by atoms with Crippen LogP contribution in [0.3, 0.4) is 0 Å². The van der Waals surface area contributed by atoms with Gasteiger partial charge in [-0.05, 0) is 25.0 Å². The quantitative estimate of drug-likeness (QED) is 0.919. The molecule has 0 heterocycles. The summed E-state index contributed by atoms with van der Waals surface area (Å²) in [4.78, 5) is 0. The fourth-order valence-corrected chi connectivity index (χ4v) is 2.12. The minimum absolute atomic E-state index is 0.668. The van der Waals surface area contributed by atoms with Crippen molar-refractivity contribution in [3.8, 4) is 11.5 Å². The molecule has 0 radical (unpaired) electrons. The van der Waals surface area contributed by atoms with E-state index in [1.165, 1.54) is 0 Å². The van der Waals surface area contributed by atoms with Crippen LogP contribution in [0.15, 0.2) is 16.6 Å². The molecule has 1 aliphatic carbocycles. The lowest BCUT2D eigenvalue weighted by molar-refractivity contribution is 0.143. The molecule has 0 saturated heterocycles. The maximum atomic E-state index is 10.1. The van der Waals surface area contributed by atoms with Crippen LogP contribution in [-0.4, -0.2) is 19.3 Å². The van der Waals surface area contributed by atoms with Crippen LogP contribution in [0.25, 0.3) is 0 Å². The van der Waals surface area contributed by atoms with Crippen LogP contribution >= 0.6 is 15.9 Å². The van der Waals surface area contributed by atoms with Crippen LogP contribution < -0.4 is 9.47 Å². The van der Waals surface area contributed by atoms with E-state index in [0.29, 0.717) is 11.5 Å². The highest BCUT2D eigenvalue weighted by Gasteiger charge is 2.46. The zero-order chi connectivity index (χ0) is 11.1. The maximum absolute atomic E-state index is 10.1. The van der Waals surface area contributed by atoms with Gasteiger partial charge in [-0.1, -0.05) is 15.9 Å². The SMILES string of the molecule is COc1cc(Br)cc(OC)c1C1(O)CC1. The van der Waals surface area contributed by atoms with Gasteiger partial charge in [-0.3, -0.25) is 0 Å². The van der Waals surface area contributed by atoms with E-state index < -0.39 is 5.60 Å². The Morgan fingerprint density at radius 1 is 1.20 bits per heavy atom. The number of hydrogen-bond acceptors (Lipinski definition) is 3. The van der Waals surface area contributed by atoms with Gasteiger partial charge in [0.2, 0.25) is 0 Å². The monoisotopic (exact) mass is 272 g/mol. The van der Waals surface area contributed by atoms with Gasteiger partial charge < -0.3 is 14.6 Å². The predicted molar refractivity (Wildman–Crippen MR) is 60.4 cm³/mol. The van der Waals surface area contributed by atoms with Crippen molar-refractivity contribution >= 4 is 15.9 Å². The van der Waals surface area contributed by atoms with Crippen molar-refractivity contribution < 1.29 is 14.6 Å². The molecule has 1 aromatic rings. The lowest BCUT2D eigenvalue weighted by atomic mass is 10.1. The van der Waals surface area contributed by atoms with Crippen molar-refractivity contribution in [3.05, 3.63) is 22.2 Å². The van der Waals surface area contributed by atoms with E-state index >= 15 is 0 Å². The third kappa shape index (κ3) is 1.84. The molecule has 1 fully saturated rings. The Balaban J connectivity index is 2.57. The van der Waals surface area contributed by atoms with E-state index in [1.807, 2.05) is 12.1 Å². The van der Waals surface area contributed by atoms with Crippen molar-refractivity contribution in [3.63, 3.8) is 0 Å². The zero-order valence-corrected chi connectivity index (χ0v) is 10.3. The average molecular weight is 273 g/mol. The molecule has 0 amide bonds. The topological polar surface area (TPSA) is 38.7 Å². The zero-order valence-electron chi connectivity index (χ0n) is 8.71. The second kappa shape index (κ2) is 3.68. The van der Waals surface area contributed by atoms with Gasteiger partial charge in [0.15, 0.2) is 0 Å². The molecule has 1 N–H and O–H groups in total. The van der Waals surface area contributed by atoms with Gasteiger partial charge in [0, 0.05) is 4.47 Å². The molecule has 0 aliphatic heterocycles. The van der Waals surface area contributed by atoms with Crippen LogP contribution in [-0.2, 0) is 5.60 Å². The van der Waals surface area contributed by atoms with E-state index in [1.54, 1.807) is 14.2 Å². The highest BCUT2D eigenvalue weighted by molar-refractivity contribution is 9.10. The molecule has 1 aromatic carbocycles. The summed E-state index contributed by atoms with van der Waals surface area (Å²) in [6.45, 7) is 0. The van der Waals surface area contributed by atoms with Crippen LogP contribution in [0.4, 0.5) is 0 Å². The van der Waals surface area contributed by atoms with Gasteiger partial charge in [-0.15, -0.1) is 0 Å². The van der Waals surface area contributed by atoms with E-state index in [-0.39, 0.29) is 0 Å². The van der Waals surface area contributed by atoms with Crippen LogP contribution in [0.1, 0.15) is 18.4 Å². The van der Waals surface area contributed by atoms with Crippen molar-refractivity contribution in [1.29, 1.82) is 0 Å². The third-order valence-electron chi connectivity index (χ3n) is 2.66. The summed E-state index contributed by atoms with van der Waals surface area (Å²) in [5.74, 6) is 1.34. The highest BCUT2D eigenvalue weighted by atomic mass is 79.9. The molecule has 1 saturated carbocycles. The van der Waals surface area contributed by atoms with Gasteiger partial charge in [0.25, 0.3) is 0 Å². The van der Waals surface area contributed by atoms with E-state index in [0.717, 1.165) is 22.9 Å². The summed E-state index contributed by atoms with van der Waals surface area (Å²) in [6, 6.07) is 3.68. The Kier molecular flexibility index (Phi) is 2.64. The number of hydrogen-bond donors (Lipinski definition) is 1. The second-order valence-corrected chi connectivity index (χ2v) is 4.63. The number of rotatable bonds is 3. The number of aliphatic hydroxyl groups is 1. The second-order valence-electron chi connectivity index (χ2n) is 3.72. The molecule has 2 rings (SSSR count). The van der Waals surface area contributed by atoms with Gasteiger partial charge in [-0.2, -0.15) is 0 Å². The maximum Gasteiger partial charge on any atom is 0.129 e. The molecular weight excluding hydrogens is 260 g/mol. The Morgan fingerprint density at radius 2 is 1.67 bits per heavy atom. The Bertz CT molecular complexity index is 360. The summed E-state index contributed by atoms with van der Waals surface area (Å²) in [5, 5.41) is 10.1. The van der Waals surface area contributed by atoms with Gasteiger partial charge in [0.1, 0.15) is 11.5 Å². The predicted octanol–water partition coefficient (Wildman–Crippen LogP) is 2.45.